The summed E-state index contributed by atoms with van der Waals surface area (Å²) < 4.78 is 34.0. The van der Waals surface area contributed by atoms with Gasteiger partial charge in [-0.15, -0.1) is 0 Å². The Kier molecular flexibility index (Phi) is 5.98. The fourth-order valence-electron chi connectivity index (χ4n) is 3.20. The summed E-state index contributed by atoms with van der Waals surface area (Å²) in [6.07, 6.45) is 0. The average molecular weight is 494 g/mol. The van der Waals surface area contributed by atoms with Crippen LogP contribution in [0.5, 0.6) is 11.5 Å². The van der Waals surface area contributed by atoms with Crippen LogP contribution in [0.15, 0.2) is 54.6 Å². The van der Waals surface area contributed by atoms with Crippen LogP contribution in [-0.4, -0.2) is 23.2 Å². The zero-order chi connectivity index (χ0) is 21.6. The van der Waals surface area contributed by atoms with Crippen molar-refractivity contribution in [2.24, 2.45) is 0 Å². The largest absolute Gasteiger partial charge is 0.508 e. The molecule has 29 heavy (non-hydrogen) atoms. The molecule has 0 amide bonds. The summed E-state index contributed by atoms with van der Waals surface area (Å²) in [7, 11) is -5.08. The number of halogens is 4. The van der Waals surface area contributed by atoms with Gasteiger partial charge in [0.1, 0.15) is 11.5 Å². The zero-order valence-corrected chi connectivity index (χ0v) is 18.1. The van der Waals surface area contributed by atoms with Crippen molar-refractivity contribution < 1.29 is 23.2 Å². The molecular formula is C19H12Cl4O5S. The Morgan fingerprint density at radius 2 is 1.38 bits per heavy atom. The molecule has 1 atom stereocenters. The van der Waals surface area contributed by atoms with Crippen molar-refractivity contribution in [3.8, 4) is 11.5 Å². The minimum Gasteiger partial charge on any atom is -0.508 e. The van der Waals surface area contributed by atoms with Crippen LogP contribution in [0.25, 0.3) is 0 Å². The second kappa shape index (κ2) is 7.87. The predicted molar refractivity (Wildman–Crippen MR) is 114 cm³/mol. The lowest BCUT2D eigenvalue weighted by atomic mass is 9.83. The molecule has 0 heterocycles. The summed E-state index contributed by atoms with van der Waals surface area (Å²) in [5.74, 6) is -0.924. The molecule has 5 nitrogen and oxygen atoms in total. The summed E-state index contributed by atoms with van der Waals surface area (Å²) in [5.41, 5.74) is -0.464. The second-order valence-electron chi connectivity index (χ2n) is 6.07. The highest BCUT2D eigenvalue weighted by Gasteiger charge is 2.51. The van der Waals surface area contributed by atoms with E-state index in [2.05, 4.69) is 0 Å². The van der Waals surface area contributed by atoms with Crippen LogP contribution in [0.4, 0.5) is 0 Å². The highest BCUT2D eigenvalue weighted by Crippen LogP contribution is 2.52. The molecular weight excluding hydrogens is 482 g/mol. The van der Waals surface area contributed by atoms with E-state index in [1.165, 1.54) is 12.1 Å². The topological polar surface area (TPSA) is 94.8 Å². The first-order valence-corrected chi connectivity index (χ1v) is 10.9. The van der Waals surface area contributed by atoms with Gasteiger partial charge in [0.25, 0.3) is 10.1 Å². The molecule has 3 rings (SSSR count). The molecule has 10 heteroatoms. The Bertz CT molecular complexity index is 1200. The van der Waals surface area contributed by atoms with Crippen LogP contribution in [0.3, 0.4) is 0 Å². The van der Waals surface area contributed by atoms with Crippen molar-refractivity contribution in [1.29, 1.82) is 0 Å². The van der Waals surface area contributed by atoms with Crippen molar-refractivity contribution in [2.75, 3.05) is 0 Å². The van der Waals surface area contributed by atoms with Gasteiger partial charge >= 0.3 is 0 Å². The van der Waals surface area contributed by atoms with Gasteiger partial charge in [0.2, 0.25) is 0 Å². The van der Waals surface area contributed by atoms with Crippen molar-refractivity contribution in [3.05, 3.63) is 91.4 Å². The molecule has 0 spiro atoms. The van der Waals surface area contributed by atoms with Gasteiger partial charge in [-0.05, 0) is 23.8 Å². The SMILES string of the molecule is O=S(=O)(O)C(c1ccccc1)(c1ccc(O)cc1O)c1cc(Cl)c(Cl)c(Cl)c1Cl. The zero-order valence-electron chi connectivity index (χ0n) is 14.3. The first kappa shape index (κ1) is 22.0. The van der Waals surface area contributed by atoms with Gasteiger partial charge in [0.15, 0.2) is 4.75 Å². The molecule has 0 aliphatic rings. The van der Waals surface area contributed by atoms with Gasteiger partial charge in [-0.1, -0.05) is 76.7 Å². The van der Waals surface area contributed by atoms with Crippen molar-refractivity contribution in [3.63, 3.8) is 0 Å². The summed E-state index contributed by atoms with van der Waals surface area (Å²) >= 11 is 24.7. The monoisotopic (exact) mass is 492 g/mol. The van der Waals surface area contributed by atoms with Crippen LogP contribution in [0.1, 0.15) is 16.7 Å². The Morgan fingerprint density at radius 1 is 0.759 bits per heavy atom. The molecule has 1 unspecified atom stereocenters. The van der Waals surface area contributed by atoms with Gasteiger partial charge in [-0.2, -0.15) is 8.42 Å². The van der Waals surface area contributed by atoms with E-state index in [4.69, 9.17) is 46.4 Å². The molecule has 0 aromatic heterocycles. The highest BCUT2D eigenvalue weighted by atomic mass is 35.5. The third-order valence-electron chi connectivity index (χ3n) is 4.41. The summed E-state index contributed by atoms with van der Waals surface area (Å²) in [5, 5.41) is 19.5. The van der Waals surface area contributed by atoms with Crippen LogP contribution in [0, 0.1) is 0 Å². The van der Waals surface area contributed by atoms with Gasteiger partial charge in [0, 0.05) is 17.2 Å². The van der Waals surface area contributed by atoms with Crippen molar-refractivity contribution >= 4 is 56.5 Å². The van der Waals surface area contributed by atoms with E-state index >= 15 is 0 Å². The van der Waals surface area contributed by atoms with Crippen molar-refractivity contribution in [2.45, 2.75) is 4.75 Å². The highest BCUT2D eigenvalue weighted by molar-refractivity contribution is 7.87. The molecule has 0 radical (unpaired) electrons. The lowest BCUT2D eigenvalue weighted by Gasteiger charge is -2.34. The Labute approximate surface area is 186 Å². The number of hydrogen-bond acceptors (Lipinski definition) is 4. The first-order chi connectivity index (χ1) is 13.5. The van der Waals surface area contributed by atoms with E-state index in [0.717, 1.165) is 24.3 Å². The van der Waals surface area contributed by atoms with Gasteiger partial charge < -0.3 is 10.2 Å². The number of hydrogen-bond donors (Lipinski definition) is 3. The van der Waals surface area contributed by atoms with Crippen LogP contribution >= 0.6 is 46.4 Å². The molecule has 0 saturated heterocycles. The third-order valence-corrected chi connectivity index (χ3v) is 7.61. The Hall–Kier alpha value is -1.67. The predicted octanol–water partition coefficient (Wildman–Crippen LogP) is 5.89. The number of benzene rings is 3. The Morgan fingerprint density at radius 3 is 1.93 bits per heavy atom. The van der Waals surface area contributed by atoms with E-state index < -0.39 is 20.6 Å². The third kappa shape index (κ3) is 3.54. The van der Waals surface area contributed by atoms with Crippen LogP contribution in [0.2, 0.25) is 20.1 Å². The maximum Gasteiger partial charge on any atom is 0.283 e. The van der Waals surface area contributed by atoms with E-state index in [9.17, 15) is 23.2 Å². The fraction of sp³-hybridized carbons (Fsp3) is 0.0526. The van der Waals surface area contributed by atoms with Gasteiger partial charge in [0.05, 0.1) is 20.1 Å². The first-order valence-electron chi connectivity index (χ1n) is 7.90. The molecule has 0 bridgehead atoms. The van der Waals surface area contributed by atoms with Gasteiger partial charge in [-0.25, -0.2) is 0 Å². The van der Waals surface area contributed by atoms with Crippen molar-refractivity contribution in [1.82, 2.24) is 0 Å². The van der Waals surface area contributed by atoms with E-state index in [1.54, 1.807) is 18.2 Å². The van der Waals surface area contributed by atoms with E-state index in [-0.39, 0.29) is 42.5 Å². The molecule has 3 aromatic carbocycles. The Balaban J connectivity index is 2.62. The number of rotatable bonds is 4. The van der Waals surface area contributed by atoms with Crippen LogP contribution in [-0.2, 0) is 14.9 Å². The molecule has 0 aliphatic carbocycles. The smallest absolute Gasteiger partial charge is 0.283 e. The summed E-state index contributed by atoms with van der Waals surface area (Å²) in [6.45, 7) is 0. The molecule has 0 aliphatic heterocycles. The number of phenols is 2. The van der Waals surface area contributed by atoms with Gasteiger partial charge in [-0.3, -0.25) is 4.55 Å². The molecule has 152 valence electrons. The minimum atomic E-state index is -5.08. The summed E-state index contributed by atoms with van der Waals surface area (Å²) in [6, 6.07) is 12.0. The normalized spacial score (nSPS) is 13.8. The lowest BCUT2D eigenvalue weighted by Crippen LogP contribution is -2.38. The molecule has 0 fully saturated rings. The quantitative estimate of drug-likeness (QED) is 0.182. The number of aromatic hydroxyl groups is 2. The number of phenolic OH excluding ortho intramolecular Hbond substituents is 2. The van der Waals surface area contributed by atoms with E-state index in [0.29, 0.717) is 0 Å². The maximum absolute atomic E-state index is 13.0. The molecule has 0 saturated carbocycles. The lowest BCUT2D eigenvalue weighted by molar-refractivity contribution is 0.431. The fourth-order valence-corrected chi connectivity index (χ4v) is 5.53. The standard InChI is InChI=1S/C19H12Cl4O5S/c20-14-9-13(16(21)18(23)17(14)22)19(29(26,27)28,10-4-2-1-3-5-10)12-7-6-11(24)8-15(12)25/h1-9,24-25H,(H,26,27,28). The molecule has 3 N–H and O–H groups in total. The minimum absolute atomic E-state index is 0.0415. The maximum atomic E-state index is 13.0. The average Bonchev–Trinajstić information content (AvgIpc) is 2.65. The van der Waals surface area contributed by atoms with E-state index in [1.807, 2.05) is 0 Å². The molecule has 3 aromatic rings. The van der Waals surface area contributed by atoms with Crippen LogP contribution < -0.4 is 0 Å². The second-order valence-corrected chi connectivity index (χ2v) is 9.18. The summed E-state index contributed by atoms with van der Waals surface area (Å²) in [4.78, 5) is 0.